The molecule has 3 amide bonds. The summed E-state index contributed by atoms with van der Waals surface area (Å²) in [4.78, 5) is 41.3. The van der Waals surface area contributed by atoms with E-state index in [9.17, 15) is 14.4 Å². The highest BCUT2D eigenvalue weighted by molar-refractivity contribution is 6.31. The number of amides is 3. The summed E-state index contributed by atoms with van der Waals surface area (Å²) in [7, 11) is 0. The van der Waals surface area contributed by atoms with Crippen molar-refractivity contribution in [2.45, 2.75) is 43.2 Å². The van der Waals surface area contributed by atoms with Crippen LogP contribution in [0.25, 0.3) is 0 Å². The molecule has 3 aromatic rings. The molecule has 3 heterocycles. The van der Waals surface area contributed by atoms with E-state index in [-0.39, 0.29) is 30.2 Å². The number of rotatable bonds is 4. The topological polar surface area (TPSA) is 87.7 Å². The highest BCUT2D eigenvalue weighted by atomic mass is 35.5. The van der Waals surface area contributed by atoms with E-state index in [1.807, 2.05) is 18.2 Å². The molecule has 3 aliphatic rings. The van der Waals surface area contributed by atoms with Crippen molar-refractivity contribution in [3.63, 3.8) is 0 Å². The fourth-order valence-electron chi connectivity index (χ4n) is 6.41. The lowest BCUT2D eigenvalue weighted by molar-refractivity contribution is -0.131. The van der Waals surface area contributed by atoms with Crippen LogP contribution in [0.1, 0.15) is 48.4 Å². The first-order valence-corrected chi connectivity index (χ1v) is 14.2. The van der Waals surface area contributed by atoms with Crippen molar-refractivity contribution in [3.8, 4) is 5.75 Å². The number of halogens is 3. The molecule has 1 unspecified atom stereocenters. The summed E-state index contributed by atoms with van der Waals surface area (Å²) in [6.07, 6.45) is 0.488. The van der Waals surface area contributed by atoms with Gasteiger partial charge in [-0.25, -0.2) is 0 Å². The summed E-state index contributed by atoms with van der Waals surface area (Å²) >= 11 is 19.2. The second-order valence-corrected chi connectivity index (χ2v) is 11.8. The molecule has 4 atom stereocenters. The second kappa shape index (κ2) is 10.3. The van der Waals surface area contributed by atoms with Crippen LogP contribution >= 0.6 is 34.8 Å². The number of ether oxygens (including phenoxy) is 1. The molecule has 2 fully saturated rings. The maximum atomic E-state index is 14.3. The number of hydrogen-bond donors (Lipinski definition) is 2. The number of fused-ring (bicyclic) bond motifs is 2. The molecule has 0 aliphatic carbocycles. The zero-order valence-electron chi connectivity index (χ0n) is 21.5. The Morgan fingerprint density at radius 3 is 2.50 bits per heavy atom. The average molecular weight is 599 g/mol. The molecule has 40 heavy (non-hydrogen) atoms. The monoisotopic (exact) mass is 597 g/mol. The van der Waals surface area contributed by atoms with Crippen LogP contribution in [0.15, 0.2) is 60.7 Å². The third-order valence-corrected chi connectivity index (χ3v) is 8.87. The van der Waals surface area contributed by atoms with Gasteiger partial charge in [-0.3, -0.25) is 14.4 Å². The molecule has 0 bridgehead atoms. The third-order valence-electron chi connectivity index (χ3n) is 8.17. The molecule has 10 heteroatoms. The molecule has 206 valence electrons. The Balaban J connectivity index is 1.54. The Hall–Kier alpha value is -3.26. The predicted molar refractivity (Wildman–Crippen MR) is 154 cm³/mol. The van der Waals surface area contributed by atoms with Crippen LogP contribution in [0.5, 0.6) is 5.75 Å². The molecule has 0 aromatic heterocycles. The first kappa shape index (κ1) is 26.9. The van der Waals surface area contributed by atoms with Crippen LogP contribution in [0, 0.1) is 0 Å². The lowest BCUT2D eigenvalue weighted by atomic mass is 9.59. The summed E-state index contributed by atoms with van der Waals surface area (Å²) in [5.41, 5.74) is 1.38. The Kier molecular flexibility index (Phi) is 6.93. The summed E-state index contributed by atoms with van der Waals surface area (Å²) in [5, 5.41) is 7.57. The van der Waals surface area contributed by atoms with E-state index in [0.717, 1.165) is 5.56 Å². The molecule has 0 saturated carbocycles. The van der Waals surface area contributed by atoms with Crippen LogP contribution in [0.4, 0.5) is 5.69 Å². The van der Waals surface area contributed by atoms with E-state index in [2.05, 4.69) is 10.6 Å². The largest absolute Gasteiger partial charge is 0.488 e. The molecular formula is C30H26Cl3N3O4. The molecule has 2 saturated heterocycles. The number of carbonyl (C=O) groups is 3. The van der Waals surface area contributed by atoms with E-state index in [0.29, 0.717) is 57.1 Å². The van der Waals surface area contributed by atoms with E-state index in [1.165, 1.54) is 6.92 Å². The van der Waals surface area contributed by atoms with Gasteiger partial charge in [0.25, 0.3) is 0 Å². The van der Waals surface area contributed by atoms with E-state index in [1.54, 1.807) is 47.4 Å². The molecule has 0 radical (unpaired) electrons. The van der Waals surface area contributed by atoms with Gasteiger partial charge in [-0.1, -0.05) is 53.0 Å². The maximum absolute atomic E-state index is 14.3. The highest BCUT2D eigenvalue weighted by Gasteiger charge is 2.61. The molecule has 6 rings (SSSR count). The number of hydrogen-bond acceptors (Lipinski definition) is 4. The van der Waals surface area contributed by atoms with Crippen molar-refractivity contribution in [1.82, 2.24) is 10.2 Å². The minimum Gasteiger partial charge on any atom is -0.488 e. The van der Waals surface area contributed by atoms with Gasteiger partial charge in [0.1, 0.15) is 17.3 Å². The molecule has 1 spiro atoms. The minimum absolute atomic E-state index is 0.0109. The number of benzene rings is 3. The van der Waals surface area contributed by atoms with Gasteiger partial charge < -0.3 is 20.3 Å². The van der Waals surface area contributed by atoms with Gasteiger partial charge in [0.05, 0.1) is 12.6 Å². The first-order chi connectivity index (χ1) is 19.2. The average Bonchev–Trinajstić information content (AvgIpc) is 3.49. The fourth-order valence-corrected chi connectivity index (χ4v) is 6.96. The van der Waals surface area contributed by atoms with Crippen LogP contribution < -0.4 is 15.4 Å². The van der Waals surface area contributed by atoms with Crippen molar-refractivity contribution in [1.29, 1.82) is 0 Å². The van der Waals surface area contributed by atoms with Gasteiger partial charge in [-0.05, 0) is 53.6 Å². The predicted octanol–water partition coefficient (Wildman–Crippen LogP) is 5.88. The van der Waals surface area contributed by atoms with Gasteiger partial charge in [-0.15, -0.1) is 0 Å². The summed E-state index contributed by atoms with van der Waals surface area (Å²) in [5.74, 6) is -0.562. The van der Waals surface area contributed by atoms with Crippen LogP contribution in [-0.2, 0) is 19.8 Å². The molecule has 7 nitrogen and oxygen atoms in total. The highest BCUT2D eigenvalue weighted by Crippen LogP contribution is 2.58. The van der Waals surface area contributed by atoms with Crippen LogP contribution in [0.2, 0.25) is 15.1 Å². The quantitative estimate of drug-likeness (QED) is 0.393. The maximum Gasteiger partial charge on any atom is 0.238 e. The number of carbonyl (C=O) groups excluding carboxylic acids is 3. The van der Waals surface area contributed by atoms with Gasteiger partial charge >= 0.3 is 0 Å². The number of nitrogens with zero attached hydrogens (tertiary/aromatic N) is 1. The van der Waals surface area contributed by atoms with Gasteiger partial charge in [0, 0.05) is 58.5 Å². The zero-order chi connectivity index (χ0) is 28.2. The standard InChI is InChI=1S/C30H26Cl3N3O4/c1-16(37)36-10-9-21(15-36)40-26-8-6-19(32)12-22(26)28-30(23-7-5-20(33)13-25(23)34-29(30)39)24(14-27(38)35-28)17-3-2-4-18(31)11-17/h2-8,11-13,21,24,28H,9-10,14-15H2,1H3,(H,34,39)(H,35,38)/t21?,24-,28+,30-/m0/s1. The summed E-state index contributed by atoms with van der Waals surface area (Å²) < 4.78 is 6.46. The van der Waals surface area contributed by atoms with Gasteiger partial charge in [0.2, 0.25) is 17.7 Å². The third kappa shape index (κ3) is 4.50. The van der Waals surface area contributed by atoms with Crippen molar-refractivity contribution < 1.29 is 19.1 Å². The lowest BCUT2D eigenvalue weighted by Gasteiger charge is -2.46. The van der Waals surface area contributed by atoms with Crippen LogP contribution in [-0.4, -0.2) is 41.8 Å². The van der Waals surface area contributed by atoms with Crippen molar-refractivity contribution in [2.75, 3.05) is 18.4 Å². The van der Waals surface area contributed by atoms with Gasteiger partial charge in [-0.2, -0.15) is 0 Å². The van der Waals surface area contributed by atoms with Crippen molar-refractivity contribution >= 4 is 58.2 Å². The fraction of sp³-hybridized carbons (Fsp3) is 0.300. The number of nitrogens with one attached hydrogen (secondary N) is 2. The Labute approximate surface area is 246 Å². The number of likely N-dealkylation sites (tertiary alicyclic amines) is 1. The van der Waals surface area contributed by atoms with Crippen molar-refractivity contribution in [2.24, 2.45) is 0 Å². The summed E-state index contributed by atoms with van der Waals surface area (Å²) in [6, 6.07) is 16.9. The SMILES string of the molecule is CC(=O)N1CCC(Oc2ccc(Cl)cc2[C@H]2NC(=O)C[C@@H](c3cccc(Cl)c3)[C@]23C(=O)Nc2cc(Cl)ccc23)C1. The first-order valence-electron chi connectivity index (χ1n) is 13.0. The van der Waals surface area contributed by atoms with E-state index >= 15 is 0 Å². The van der Waals surface area contributed by atoms with Crippen LogP contribution in [0.3, 0.4) is 0 Å². The minimum atomic E-state index is -1.26. The molecule has 3 aliphatic heterocycles. The second-order valence-electron chi connectivity index (χ2n) is 10.5. The normalized spacial score (nSPS) is 25.5. The van der Waals surface area contributed by atoms with Gasteiger partial charge in [0.15, 0.2) is 0 Å². The lowest BCUT2D eigenvalue weighted by Crippen LogP contribution is -2.57. The molecule has 2 N–H and O–H groups in total. The Bertz CT molecular complexity index is 1550. The Morgan fingerprint density at radius 2 is 1.75 bits per heavy atom. The molecule has 3 aromatic carbocycles. The Morgan fingerprint density at radius 1 is 1.00 bits per heavy atom. The number of anilines is 1. The van der Waals surface area contributed by atoms with E-state index < -0.39 is 17.4 Å². The summed E-state index contributed by atoms with van der Waals surface area (Å²) in [6.45, 7) is 2.59. The smallest absolute Gasteiger partial charge is 0.238 e. The molecular weight excluding hydrogens is 573 g/mol. The number of piperidine rings is 1. The van der Waals surface area contributed by atoms with Crippen molar-refractivity contribution in [3.05, 3.63) is 92.4 Å². The zero-order valence-corrected chi connectivity index (χ0v) is 23.8. The van der Waals surface area contributed by atoms with E-state index in [4.69, 9.17) is 39.5 Å².